The van der Waals surface area contributed by atoms with Gasteiger partial charge in [0.2, 0.25) is 0 Å². The lowest BCUT2D eigenvalue weighted by Crippen LogP contribution is -2.01. The highest BCUT2D eigenvalue weighted by atomic mass is 79.9. The monoisotopic (exact) mass is 320 g/mol. The summed E-state index contributed by atoms with van der Waals surface area (Å²) in [5.74, 6) is -0.0860. The maximum atomic E-state index is 11.3. The van der Waals surface area contributed by atoms with Crippen LogP contribution in [0.1, 0.15) is 21.5 Å². The van der Waals surface area contributed by atoms with Crippen molar-refractivity contribution in [3.8, 4) is 5.75 Å². The van der Waals surface area contributed by atoms with Gasteiger partial charge in [-0.2, -0.15) is 0 Å². The van der Waals surface area contributed by atoms with Gasteiger partial charge in [-0.1, -0.05) is 28.1 Å². The molecule has 0 aliphatic rings. The van der Waals surface area contributed by atoms with Gasteiger partial charge in [-0.3, -0.25) is 0 Å². The molecule has 0 unspecified atom stereocenters. The van der Waals surface area contributed by atoms with E-state index in [9.17, 15) is 9.90 Å². The van der Waals surface area contributed by atoms with Crippen molar-refractivity contribution in [3.05, 3.63) is 63.6 Å². The van der Waals surface area contributed by atoms with Gasteiger partial charge in [-0.15, -0.1) is 0 Å². The van der Waals surface area contributed by atoms with Crippen LogP contribution in [0.4, 0.5) is 0 Å². The van der Waals surface area contributed by atoms with Gasteiger partial charge in [0.1, 0.15) is 5.75 Å². The summed E-state index contributed by atoms with van der Waals surface area (Å²) in [5.41, 5.74) is 2.37. The first-order chi connectivity index (χ1) is 9.10. The highest BCUT2D eigenvalue weighted by Crippen LogP contribution is 2.24. The molecule has 0 atom stereocenters. The quantitative estimate of drug-likeness (QED) is 0.880. The van der Waals surface area contributed by atoms with E-state index in [2.05, 4.69) is 20.7 Å². The average Bonchev–Trinajstić information content (AvgIpc) is 2.43. The molecule has 2 aromatic carbocycles. The molecule has 0 fully saturated rings. The number of ether oxygens (including phenoxy) is 1. The summed E-state index contributed by atoms with van der Waals surface area (Å²) in [4.78, 5) is 11.3. The molecule has 0 spiro atoms. The SMILES string of the molecule is COC(=O)c1ccc(Cc2cc(Br)ccc2O)cc1. The van der Waals surface area contributed by atoms with Gasteiger partial charge in [0.15, 0.2) is 0 Å². The molecule has 0 aliphatic heterocycles. The zero-order valence-electron chi connectivity index (χ0n) is 10.4. The third kappa shape index (κ3) is 3.35. The van der Waals surface area contributed by atoms with Crippen LogP contribution in [0.3, 0.4) is 0 Å². The number of phenolic OH excluding ortho intramolecular Hbond substituents is 1. The zero-order valence-corrected chi connectivity index (χ0v) is 12.0. The second-order valence-electron chi connectivity index (χ2n) is 4.14. The Morgan fingerprint density at radius 1 is 1.21 bits per heavy atom. The van der Waals surface area contributed by atoms with Crippen LogP contribution >= 0.6 is 15.9 Å². The third-order valence-corrected chi connectivity index (χ3v) is 3.30. The summed E-state index contributed by atoms with van der Waals surface area (Å²) in [6.07, 6.45) is 0.604. The fraction of sp³-hybridized carbons (Fsp3) is 0.133. The van der Waals surface area contributed by atoms with Crippen molar-refractivity contribution in [3.63, 3.8) is 0 Å². The molecule has 3 nitrogen and oxygen atoms in total. The van der Waals surface area contributed by atoms with Gasteiger partial charge in [-0.05, 0) is 41.5 Å². The molecule has 0 aromatic heterocycles. The second kappa shape index (κ2) is 5.89. The number of hydrogen-bond acceptors (Lipinski definition) is 3. The number of hydrogen-bond donors (Lipinski definition) is 1. The van der Waals surface area contributed by atoms with E-state index in [0.29, 0.717) is 12.0 Å². The van der Waals surface area contributed by atoms with Gasteiger partial charge >= 0.3 is 5.97 Å². The number of carbonyl (C=O) groups excluding carboxylic acids is 1. The number of phenols is 1. The van der Waals surface area contributed by atoms with Crippen molar-refractivity contribution < 1.29 is 14.6 Å². The predicted molar refractivity (Wildman–Crippen MR) is 76.4 cm³/mol. The first kappa shape index (κ1) is 13.6. The molecule has 2 aromatic rings. The highest BCUT2D eigenvalue weighted by Gasteiger charge is 2.06. The van der Waals surface area contributed by atoms with Gasteiger partial charge in [-0.25, -0.2) is 4.79 Å². The lowest BCUT2D eigenvalue weighted by molar-refractivity contribution is 0.0600. The highest BCUT2D eigenvalue weighted by molar-refractivity contribution is 9.10. The van der Waals surface area contributed by atoms with E-state index in [1.807, 2.05) is 18.2 Å². The molecule has 0 heterocycles. The molecule has 0 saturated heterocycles. The maximum absolute atomic E-state index is 11.3. The molecule has 2 rings (SSSR count). The van der Waals surface area contributed by atoms with Crippen LogP contribution in [-0.4, -0.2) is 18.2 Å². The smallest absolute Gasteiger partial charge is 0.337 e. The number of esters is 1. The number of rotatable bonds is 3. The number of carbonyl (C=O) groups is 1. The van der Waals surface area contributed by atoms with Crippen molar-refractivity contribution >= 4 is 21.9 Å². The predicted octanol–water partition coefficient (Wildman–Crippen LogP) is 3.53. The lowest BCUT2D eigenvalue weighted by Gasteiger charge is -2.06. The summed E-state index contributed by atoms with van der Waals surface area (Å²) >= 11 is 3.38. The lowest BCUT2D eigenvalue weighted by atomic mass is 10.0. The van der Waals surface area contributed by atoms with E-state index in [4.69, 9.17) is 0 Å². The summed E-state index contributed by atoms with van der Waals surface area (Å²) in [6.45, 7) is 0. The molecule has 4 heteroatoms. The van der Waals surface area contributed by atoms with Crippen LogP contribution in [0, 0.1) is 0 Å². The maximum Gasteiger partial charge on any atom is 0.337 e. The van der Waals surface area contributed by atoms with Crippen molar-refractivity contribution in [2.24, 2.45) is 0 Å². The third-order valence-electron chi connectivity index (χ3n) is 2.81. The zero-order chi connectivity index (χ0) is 13.8. The normalized spacial score (nSPS) is 10.2. The van der Waals surface area contributed by atoms with E-state index in [1.54, 1.807) is 24.3 Å². The van der Waals surface area contributed by atoms with Gasteiger partial charge in [0.25, 0.3) is 0 Å². The Bertz CT molecular complexity index is 591. The molecule has 1 N–H and O–H groups in total. The summed E-state index contributed by atoms with van der Waals surface area (Å²) < 4.78 is 5.57. The van der Waals surface area contributed by atoms with Gasteiger partial charge in [0, 0.05) is 10.9 Å². The summed E-state index contributed by atoms with van der Waals surface area (Å²) in [6, 6.07) is 12.5. The molecular formula is C15H13BrO3. The van der Waals surface area contributed by atoms with Crippen molar-refractivity contribution in [2.75, 3.05) is 7.11 Å². The van der Waals surface area contributed by atoms with Crippen LogP contribution in [0.2, 0.25) is 0 Å². The van der Waals surface area contributed by atoms with Gasteiger partial charge < -0.3 is 9.84 Å². The molecule has 19 heavy (non-hydrogen) atoms. The Balaban J connectivity index is 2.19. The van der Waals surface area contributed by atoms with Crippen molar-refractivity contribution in [1.82, 2.24) is 0 Å². The Morgan fingerprint density at radius 3 is 2.53 bits per heavy atom. The van der Waals surface area contributed by atoms with Gasteiger partial charge in [0.05, 0.1) is 12.7 Å². The minimum absolute atomic E-state index is 0.264. The van der Waals surface area contributed by atoms with Crippen LogP contribution in [0.5, 0.6) is 5.75 Å². The standard InChI is InChI=1S/C15H13BrO3/c1-19-15(18)11-4-2-10(3-5-11)8-12-9-13(16)6-7-14(12)17/h2-7,9,17H,8H2,1H3. The Kier molecular flexibility index (Phi) is 4.22. The molecule has 0 bridgehead atoms. The first-order valence-electron chi connectivity index (χ1n) is 5.75. The molecule has 0 saturated carbocycles. The minimum Gasteiger partial charge on any atom is -0.508 e. The Morgan fingerprint density at radius 2 is 1.89 bits per heavy atom. The number of aromatic hydroxyl groups is 1. The average molecular weight is 321 g/mol. The Labute approximate surface area is 120 Å². The van der Waals surface area contributed by atoms with E-state index in [-0.39, 0.29) is 11.7 Å². The Hall–Kier alpha value is -1.81. The van der Waals surface area contributed by atoms with Crippen molar-refractivity contribution in [2.45, 2.75) is 6.42 Å². The second-order valence-corrected chi connectivity index (χ2v) is 5.05. The summed E-state index contributed by atoms with van der Waals surface area (Å²) in [7, 11) is 1.36. The van der Waals surface area contributed by atoms with E-state index in [1.165, 1.54) is 7.11 Å². The molecule has 0 amide bonds. The molecule has 0 aliphatic carbocycles. The number of benzene rings is 2. The fourth-order valence-electron chi connectivity index (χ4n) is 1.79. The van der Waals surface area contributed by atoms with Crippen LogP contribution in [0.15, 0.2) is 46.9 Å². The van der Waals surface area contributed by atoms with Crippen LogP contribution in [0.25, 0.3) is 0 Å². The fourth-order valence-corrected chi connectivity index (χ4v) is 2.20. The van der Waals surface area contributed by atoms with Crippen LogP contribution in [-0.2, 0) is 11.2 Å². The van der Waals surface area contributed by atoms with Crippen molar-refractivity contribution in [1.29, 1.82) is 0 Å². The molecular weight excluding hydrogens is 308 g/mol. The minimum atomic E-state index is -0.350. The van der Waals surface area contributed by atoms with Crippen LogP contribution < -0.4 is 0 Å². The van der Waals surface area contributed by atoms with E-state index in [0.717, 1.165) is 15.6 Å². The first-order valence-corrected chi connectivity index (χ1v) is 6.54. The summed E-state index contributed by atoms with van der Waals surface area (Å²) in [5, 5.41) is 9.78. The van der Waals surface area contributed by atoms with E-state index >= 15 is 0 Å². The largest absolute Gasteiger partial charge is 0.508 e. The van der Waals surface area contributed by atoms with E-state index < -0.39 is 0 Å². The topological polar surface area (TPSA) is 46.5 Å². The molecule has 0 radical (unpaired) electrons. The number of halogens is 1. The number of methoxy groups -OCH3 is 1. The molecule has 98 valence electrons.